The highest BCUT2D eigenvalue weighted by Crippen LogP contribution is 2.28. The number of nitrogens with one attached hydrogen (secondary N) is 1. The Balaban J connectivity index is 2.14. The Kier molecular flexibility index (Phi) is 3.96. The van der Waals surface area contributed by atoms with Gasteiger partial charge in [0.1, 0.15) is 5.82 Å². The third-order valence-corrected chi connectivity index (χ3v) is 3.41. The Morgan fingerprint density at radius 2 is 2.31 bits per heavy atom. The largest absolute Gasteiger partial charge is 0.381 e. The maximum Gasteiger partial charge on any atom is 0.126 e. The normalized spacial score (nSPS) is 19.9. The van der Waals surface area contributed by atoms with Crippen LogP contribution in [0.5, 0.6) is 0 Å². The first kappa shape index (κ1) is 11.6. The minimum absolute atomic E-state index is 0.360. The highest BCUT2D eigenvalue weighted by Gasteiger charge is 2.26. The van der Waals surface area contributed by atoms with E-state index < -0.39 is 0 Å². The predicted octanol–water partition coefficient (Wildman–Crippen LogP) is 1.59. The van der Waals surface area contributed by atoms with Crippen molar-refractivity contribution in [3.8, 4) is 0 Å². The molecule has 0 radical (unpaired) electrons. The highest BCUT2D eigenvalue weighted by molar-refractivity contribution is 5.01. The van der Waals surface area contributed by atoms with Crippen LogP contribution in [0.2, 0.25) is 0 Å². The third-order valence-electron chi connectivity index (χ3n) is 3.41. The van der Waals surface area contributed by atoms with Gasteiger partial charge < -0.3 is 14.6 Å². The summed E-state index contributed by atoms with van der Waals surface area (Å²) in [6, 6.07) is 0.360. The number of hydrogen-bond donors (Lipinski definition) is 1. The lowest BCUT2D eigenvalue weighted by molar-refractivity contribution is 0.0531. The number of nitrogens with zero attached hydrogens (tertiary/aromatic N) is 2. The van der Waals surface area contributed by atoms with Gasteiger partial charge in [0.05, 0.1) is 6.04 Å². The van der Waals surface area contributed by atoms with Gasteiger partial charge in [-0.2, -0.15) is 0 Å². The van der Waals surface area contributed by atoms with Gasteiger partial charge in [0.25, 0.3) is 0 Å². The molecule has 0 aromatic carbocycles. The van der Waals surface area contributed by atoms with E-state index in [0.29, 0.717) is 12.0 Å². The minimum Gasteiger partial charge on any atom is -0.381 e. The van der Waals surface area contributed by atoms with Crippen LogP contribution in [-0.2, 0) is 11.3 Å². The van der Waals surface area contributed by atoms with Crippen LogP contribution in [0.15, 0.2) is 12.4 Å². The molecule has 1 saturated heterocycles. The molecular weight excluding hydrogens is 202 g/mol. The van der Waals surface area contributed by atoms with Crippen LogP contribution in [0.4, 0.5) is 0 Å². The quantitative estimate of drug-likeness (QED) is 0.842. The molecule has 0 spiro atoms. The van der Waals surface area contributed by atoms with Gasteiger partial charge in [-0.1, -0.05) is 0 Å². The van der Waals surface area contributed by atoms with E-state index in [4.69, 9.17) is 4.74 Å². The molecule has 90 valence electrons. The monoisotopic (exact) mass is 223 g/mol. The fraction of sp³-hybridized carbons (Fsp3) is 0.750. The van der Waals surface area contributed by atoms with E-state index >= 15 is 0 Å². The average molecular weight is 223 g/mol. The van der Waals surface area contributed by atoms with Crippen LogP contribution in [0.3, 0.4) is 0 Å². The first-order valence-electron chi connectivity index (χ1n) is 6.12. The molecular formula is C12H21N3O. The van der Waals surface area contributed by atoms with E-state index in [1.165, 1.54) is 0 Å². The number of hydrogen-bond acceptors (Lipinski definition) is 3. The van der Waals surface area contributed by atoms with Gasteiger partial charge in [0, 0.05) is 32.2 Å². The molecule has 1 N–H and O–H groups in total. The number of rotatable bonds is 4. The SMILES string of the molecule is CCn1ccnc1C(NC)C1CCOCC1. The van der Waals surface area contributed by atoms with Gasteiger partial charge in [-0.3, -0.25) is 0 Å². The lowest BCUT2D eigenvalue weighted by Crippen LogP contribution is -2.32. The van der Waals surface area contributed by atoms with Crippen molar-refractivity contribution in [2.24, 2.45) is 5.92 Å². The van der Waals surface area contributed by atoms with Crippen LogP contribution in [0.25, 0.3) is 0 Å². The molecule has 0 aliphatic carbocycles. The second-order valence-electron chi connectivity index (χ2n) is 4.29. The lowest BCUT2D eigenvalue weighted by atomic mass is 9.91. The highest BCUT2D eigenvalue weighted by atomic mass is 16.5. The zero-order chi connectivity index (χ0) is 11.4. The molecule has 1 aromatic heterocycles. The Morgan fingerprint density at radius 1 is 1.56 bits per heavy atom. The molecule has 0 amide bonds. The molecule has 1 aromatic rings. The molecule has 4 nitrogen and oxygen atoms in total. The number of imidazole rings is 1. The summed E-state index contributed by atoms with van der Waals surface area (Å²) in [5.74, 6) is 1.81. The van der Waals surface area contributed by atoms with Gasteiger partial charge in [-0.05, 0) is 32.7 Å². The summed E-state index contributed by atoms with van der Waals surface area (Å²) in [7, 11) is 2.02. The van der Waals surface area contributed by atoms with Gasteiger partial charge >= 0.3 is 0 Å². The van der Waals surface area contributed by atoms with Crippen molar-refractivity contribution in [2.75, 3.05) is 20.3 Å². The first-order valence-corrected chi connectivity index (χ1v) is 6.12. The van der Waals surface area contributed by atoms with Gasteiger partial charge in [-0.25, -0.2) is 4.98 Å². The molecule has 1 aliphatic heterocycles. The van der Waals surface area contributed by atoms with Crippen molar-refractivity contribution in [3.63, 3.8) is 0 Å². The van der Waals surface area contributed by atoms with Crippen LogP contribution < -0.4 is 5.32 Å². The van der Waals surface area contributed by atoms with E-state index in [2.05, 4.69) is 28.0 Å². The predicted molar refractivity (Wildman–Crippen MR) is 63.2 cm³/mol. The zero-order valence-corrected chi connectivity index (χ0v) is 10.1. The van der Waals surface area contributed by atoms with Gasteiger partial charge in [-0.15, -0.1) is 0 Å². The van der Waals surface area contributed by atoms with E-state index in [-0.39, 0.29) is 0 Å². The van der Waals surface area contributed by atoms with Crippen molar-refractivity contribution in [2.45, 2.75) is 32.4 Å². The summed E-state index contributed by atoms with van der Waals surface area (Å²) < 4.78 is 7.63. The fourth-order valence-electron chi connectivity index (χ4n) is 2.49. The Labute approximate surface area is 97.0 Å². The number of aryl methyl sites for hydroxylation is 1. The van der Waals surface area contributed by atoms with Crippen LogP contribution in [-0.4, -0.2) is 29.8 Å². The van der Waals surface area contributed by atoms with Gasteiger partial charge in [0.2, 0.25) is 0 Å². The van der Waals surface area contributed by atoms with Crippen molar-refractivity contribution in [1.82, 2.24) is 14.9 Å². The van der Waals surface area contributed by atoms with E-state index in [0.717, 1.165) is 38.4 Å². The summed E-state index contributed by atoms with van der Waals surface area (Å²) in [4.78, 5) is 4.49. The third kappa shape index (κ3) is 2.28. The van der Waals surface area contributed by atoms with Gasteiger partial charge in [0.15, 0.2) is 0 Å². The molecule has 4 heteroatoms. The molecule has 16 heavy (non-hydrogen) atoms. The Morgan fingerprint density at radius 3 is 2.94 bits per heavy atom. The van der Waals surface area contributed by atoms with Crippen molar-refractivity contribution in [3.05, 3.63) is 18.2 Å². The second kappa shape index (κ2) is 5.46. The van der Waals surface area contributed by atoms with E-state index in [9.17, 15) is 0 Å². The zero-order valence-electron chi connectivity index (χ0n) is 10.1. The summed E-state index contributed by atoms with van der Waals surface area (Å²) in [6.07, 6.45) is 6.20. The summed E-state index contributed by atoms with van der Waals surface area (Å²) in [6.45, 7) is 4.91. The van der Waals surface area contributed by atoms with E-state index in [1.807, 2.05) is 13.2 Å². The molecule has 1 aliphatic rings. The maximum atomic E-state index is 5.41. The summed E-state index contributed by atoms with van der Waals surface area (Å²) in [5.41, 5.74) is 0. The first-order chi connectivity index (χ1) is 7.86. The summed E-state index contributed by atoms with van der Waals surface area (Å²) in [5, 5.41) is 3.41. The Bertz CT molecular complexity index is 318. The average Bonchev–Trinajstić information content (AvgIpc) is 2.80. The standard InChI is InChI=1S/C12H21N3O/c1-3-15-7-6-14-12(15)11(13-2)10-4-8-16-9-5-10/h6-7,10-11,13H,3-5,8-9H2,1-2H3. The Hall–Kier alpha value is -0.870. The molecule has 2 heterocycles. The van der Waals surface area contributed by atoms with E-state index in [1.54, 1.807) is 0 Å². The van der Waals surface area contributed by atoms with Crippen molar-refractivity contribution >= 4 is 0 Å². The maximum absolute atomic E-state index is 5.41. The van der Waals surface area contributed by atoms with Crippen LogP contribution in [0, 0.1) is 5.92 Å². The van der Waals surface area contributed by atoms with Crippen LogP contribution >= 0.6 is 0 Å². The molecule has 2 rings (SSSR count). The van der Waals surface area contributed by atoms with Crippen molar-refractivity contribution in [1.29, 1.82) is 0 Å². The number of aromatic nitrogens is 2. The smallest absolute Gasteiger partial charge is 0.126 e. The molecule has 1 fully saturated rings. The van der Waals surface area contributed by atoms with Crippen LogP contribution in [0.1, 0.15) is 31.6 Å². The number of ether oxygens (including phenoxy) is 1. The topological polar surface area (TPSA) is 39.1 Å². The minimum atomic E-state index is 0.360. The summed E-state index contributed by atoms with van der Waals surface area (Å²) >= 11 is 0. The molecule has 1 unspecified atom stereocenters. The second-order valence-corrected chi connectivity index (χ2v) is 4.29. The van der Waals surface area contributed by atoms with Crippen molar-refractivity contribution < 1.29 is 4.74 Å². The molecule has 0 bridgehead atoms. The molecule has 1 atom stereocenters. The fourth-order valence-corrected chi connectivity index (χ4v) is 2.49. The lowest BCUT2D eigenvalue weighted by Gasteiger charge is -2.29. The molecule has 0 saturated carbocycles.